The van der Waals surface area contributed by atoms with Gasteiger partial charge in [-0.25, -0.2) is 9.59 Å². The van der Waals surface area contributed by atoms with Crippen molar-refractivity contribution in [2.45, 2.75) is 82.9 Å². The Hall–Kier alpha value is -1.79. The smallest absolute Gasteiger partial charge is 0.410 e. The van der Waals surface area contributed by atoms with Crippen LogP contribution in [0.3, 0.4) is 0 Å². The molecule has 2 fully saturated rings. The Morgan fingerprint density at radius 1 is 1.12 bits per heavy atom. The van der Waals surface area contributed by atoms with Crippen molar-refractivity contribution in [1.29, 1.82) is 0 Å². The lowest BCUT2D eigenvalue weighted by molar-refractivity contribution is -0.155. The van der Waals surface area contributed by atoms with E-state index in [1.54, 1.807) is 27.8 Å². The van der Waals surface area contributed by atoms with E-state index in [4.69, 9.17) is 4.74 Å². The number of likely N-dealkylation sites (N-methyl/N-ethyl adjacent to an activating group) is 1. The SMILES string of the molecule is CN(C(=O)OC(C)(C)C)C1(C(=O)N2CCC[C@H]2C(=O)O)CCCCC1. The molecule has 0 aromatic heterocycles. The number of nitrogens with zero attached hydrogens (tertiary/aromatic N) is 2. The Labute approximate surface area is 149 Å². The fraction of sp³-hybridized carbons (Fsp3) is 0.833. The van der Waals surface area contributed by atoms with Gasteiger partial charge in [0, 0.05) is 13.6 Å². The largest absolute Gasteiger partial charge is 0.480 e. The number of likely N-dealkylation sites (tertiary alicyclic amines) is 1. The van der Waals surface area contributed by atoms with Crippen LogP contribution in [-0.2, 0) is 14.3 Å². The lowest BCUT2D eigenvalue weighted by Gasteiger charge is -2.45. The Morgan fingerprint density at radius 2 is 1.72 bits per heavy atom. The van der Waals surface area contributed by atoms with E-state index in [0.717, 1.165) is 19.3 Å². The first-order valence-electron chi connectivity index (χ1n) is 9.09. The van der Waals surface area contributed by atoms with E-state index in [1.807, 2.05) is 0 Å². The molecule has 142 valence electrons. The van der Waals surface area contributed by atoms with Crippen molar-refractivity contribution in [3.63, 3.8) is 0 Å². The molecular formula is C18H30N2O5. The van der Waals surface area contributed by atoms with E-state index in [9.17, 15) is 19.5 Å². The second-order valence-electron chi connectivity index (χ2n) is 8.13. The van der Waals surface area contributed by atoms with Gasteiger partial charge in [0.15, 0.2) is 0 Å². The predicted octanol–water partition coefficient (Wildman–Crippen LogP) is 2.63. The van der Waals surface area contributed by atoms with Crippen LogP contribution in [0, 0.1) is 0 Å². The van der Waals surface area contributed by atoms with Crippen LogP contribution in [0.1, 0.15) is 65.7 Å². The van der Waals surface area contributed by atoms with Gasteiger partial charge in [0.05, 0.1) is 0 Å². The van der Waals surface area contributed by atoms with Crippen LogP contribution in [-0.4, -0.2) is 63.7 Å². The highest BCUT2D eigenvalue weighted by Crippen LogP contribution is 2.37. The predicted molar refractivity (Wildman–Crippen MR) is 92.2 cm³/mol. The number of amides is 2. The number of ether oxygens (including phenoxy) is 1. The van der Waals surface area contributed by atoms with Gasteiger partial charge in [0.25, 0.3) is 0 Å². The molecule has 1 saturated carbocycles. The van der Waals surface area contributed by atoms with E-state index < -0.39 is 29.2 Å². The highest BCUT2D eigenvalue weighted by Gasteiger charge is 2.51. The summed E-state index contributed by atoms with van der Waals surface area (Å²) < 4.78 is 5.46. The molecule has 0 aromatic rings. The Bertz CT molecular complexity index is 534. The number of rotatable bonds is 3. The first-order valence-corrected chi connectivity index (χ1v) is 9.09. The van der Waals surface area contributed by atoms with Gasteiger partial charge in [-0.2, -0.15) is 0 Å². The normalized spacial score (nSPS) is 23.2. The highest BCUT2D eigenvalue weighted by atomic mass is 16.6. The zero-order valence-electron chi connectivity index (χ0n) is 15.7. The van der Waals surface area contributed by atoms with E-state index in [1.165, 1.54) is 9.80 Å². The standard InChI is InChI=1S/C18H30N2O5/c1-17(2,3)25-16(24)19(4)18(10-6-5-7-11-18)15(23)20-12-8-9-13(20)14(21)22/h13H,5-12H2,1-4H3,(H,21,22)/t13-/m0/s1. The van der Waals surface area contributed by atoms with Crippen LogP contribution in [0.5, 0.6) is 0 Å². The van der Waals surface area contributed by atoms with Crippen molar-refractivity contribution in [3.05, 3.63) is 0 Å². The minimum Gasteiger partial charge on any atom is -0.480 e. The van der Waals surface area contributed by atoms with E-state index in [0.29, 0.717) is 32.2 Å². The third-order valence-corrected chi connectivity index (χ3v) is 5.19. The molecule has 0 radical (unpaired) electrons. The average molecular weight is 354 g/mol. The summed E-state index contributed by atoms with van der Waals surface area (Å²) >= 11 is 0. The molecule has 25 heavy (non-hydrogen) atoms. The molecule has 7 nitrogen and oxygen atoms in total. The molecule has 2 aliphatic rings. The van der Waals surface area contributed by atoms with Gasteiger partial charge in [-0.05, 0) is 46.5 Å². The van der Waals surface area contributed by atoms with Crippen LogP contribution in [0.4, 0.5) is 4.79 Å². The third-order valence-electron chi connectivity index (χ3n) is 5.19. The molecule has 1 aliphatic carbocycles. The number of carboxylic acid groups (broad SMARTS) is 1. The number of aliphatic carboxylic acids is 1. The molecule has 1 heterocycles. The summed E-state index contributed by atoms with van der Waals surface area (Å²) in [6.07, 6.45) is 4.39. The van der Waals surface area contributed by atoms with E-state index in [-0.39, 0.29) is 5.91 Å². The van der Waals surface area contributed by atoms with Crippen LogP contribution >= 0.6 is 0 Å². The fourth-order valence-electron chi connectivity index (χ4n) is 3.87. The third kappa shape index (κ3) is 4.07. The van der Waals surface area contributed by atoms with Crippen LogP contribution in [0.25, 0.3) is 0 Å². The Morgan fingerprint density at radius 3 is 2.24 bits per heavy atom. The number of hydrogen-bond donors (Lipinski definition) is 1. The zero-order chi connectivity index (χ0) is 18.8. The van der Waals surface area contributed by atoms with Crippen LogP contribution in [0.15, 0.2) is 0 Å². The highest BCUT2D eigenvalue weighted by molar-refractivity contribution is 5.93. The summed E-state index contributed by atoms with van der Waals surface area (Å²) in [6.45, 7) is 5.79. The first kappa shape index (κ1) is 19.5. The van der Waals surface area contributed by atoms with Gasteiger partial charge in [0.2, 0.25) is 5.91 Å². The molecule has 1 saturated heterocycles. The van der Waals surface area contributed by atoms with Gasteiger partial charge < -0.3 is 14.7 Å². The molecule has 2 rings (SSSR count). The van der Waals surface area contributed by atoms with Crippen LogP contribution in [0.2, 0.25) is 0 Å². The van der Waals surface area contributed by atoms with Gasteiger partial charge in [-0.3, -0.25) is 9.69 Å². The second kappa shape index (κ2) is 7.22. The molecular weight excluding hydrogens is 324 g/mol. The van der Waals surface area contributed by atoms with Crippen molar-refractivity contribution in [2.75, 3.05) is 13.6 Å². The topological polar surface area (TPSA) is 87.2 Å². The maximum atomic E-state index is 13.4. The summed E-state index contributed by atoms with van der Waals surface area (Å²) in [5.74, 6) is -1.22. The summed E-state index contributed by atoms with van der Waals surface area (Å²) in [5, 5.41) is 9.42. The number of carbonyl (C=O) groups is 3. The van der Waals surface area contributed by atoms with Crippen molar-refractivity contribution in [3.8, 4) is 0 Å². The zero-order valence-corrected chi connectivity index (χ0v) is 15.7. The van der Waals surface area contributed by atoms with E-state index in [2.05, 4.69) is 0 Å². The molecule has 7 heteroatoms. The van der Waals surface area contributed by atoms with Crippen LogP contribution < -0.4 is 0 Å². The maximum absolute atomic E-state index is 13.4. The first-order chi connectivity index (χ1) is 11.6. The van der Waals surface area contributed by atoms with Gasteiger partial charge >= 0.3 is 12.1 Å². The minimum absolute atomic E-state index is 0.245. The Kier molecular flexibility index (Phi) is 5.64. The van der Waals surface area contributed by atoms with Crippen molar-refractivity contribution < 1.29 is 24.2 Å². The lowest BCUT2D eigenvalue weighted by atomic mass is 9.79. The second-order valence-corrected chi connectivity index (χ2v) is 8.13. The van der Waals surface area contributed by atoms with Gasteiger partial charge in [0.1, 0.15) is 17.2 Å². The van der Waals surface area contributed by atoms with E-state index >= 15 is 0 Å². The summed E-state index contributed by atoms with van der Waals surface area (Å²) in [5.41, 5.74) is -1.65. The maximum Gasteiger partial charge on any atom is 0.410 e. The minimum atomic E-state index is -1.00. The molecule has 0 aromatic carbocycles. The Balaban J connectivity index is 2.29. The molecule has 1 aliphatic heterocycles. The molecule has 0 spiro atoms. The van der Waals surface area contributed by atoms with Gasteiger partial charge in [-0.15, -0.1) is 0 Å². The molecule has 2 amide bonds. The van der Waals surface area contributed by atoms with Gasteiger partial charge in [-0.1, -0.05) is 19.3 Å². The average Bonchev–Trinajstić information content (AvgIpc) is 3.02. The van der Waals surface area contributed by atoms with Crippen molar-refractivity contribution >= 4 is 18.0 Å². The van der Waals surface area contributed by atoms with Crippen molar-refractivity contribution in [1.82, 2.24) is 9.80 Å². The molecule has 0 bridgehead atoms. The summed E-state index contributed by atoms with van der Waals surface area (Å²) in [7, 11) is 1.60. The lowest BCUT2D eigenvalue weighted by Crippen LogP contribution is -2.62. The summed E-state index contributed by atoms with van der Waals surface area (Å²) in [6, 6.07) is -0.793. The van der Waals surface area contributed by atoms with Crippen molar-refractivity contribution in [2.24, 2.45) is 0 Å². The summed E-state index contributed by atoms with van der Waals surface area (Å²) in [4.78, 5) is 40.3. The molecule has 0 unspecified atom stereocenters. The molecule has 1 atom stereocenters. The molecule has 1 N–H and O–H groups in total. The fourth-order valence-corrected chi connectivity index (χ4v) is 3.87. The quantitative estimate of drug-likeness (QED) is 0.842. The number of carboxylic acids is 1. The number of carbonyl (C=O) groups excluding carboxylic acids is 2. The monoisotopic (exact) mass is 354 g/mol. The number of hydrogen-bond acceptors (Lipinski definition) is 4.